The predicted octanol–water partition coefficient (Wildman–Crippen LogP) is 2.80. The van der Waals surface area contributed by atoms with Gasteiger partial charge in [-0.2, -0.15) is 0 Å². The number of likely N-dealkylation sites (tertiary alicyclic amines) is 1. The van der Waals surface area contributed by atoms with Gasteiger partial charge in [-0.15, -0.1) is 0 Å². The van der Waals surface area contributed by atoms with Crippen LogP contribution < -0.4 is 5.32 Å². The molecule has 2 amide bonds. The second kappa shape index (κ2) is 8.82. The van der Waals surface area contributed by atoms with E-state index in [-0.39, 0.29) is 11.8 Å². The molecule has 0 spiro atoms. The van der Waals surface area contributed by atoms with Crippen LogP contribution in [0.25, 0.3) is 0 Å². The molecule has 0 saturated carbocycles. The van der Waals surface area contributed by atoms with Gasteiger partial charge >= 0.3 is 0 Å². The highest BCUT2D eigenvalue weighted by atomic mass is 16.2. The van der Waals surface area contributed by atoms with Gasteiger partial charge in [-0.05, 0) is 49.3 Å². The zero-order valence-electron chi connectivity index (χ0n) is 16.1. The fraction of sp³-hybridized carbons (Fsp3) is 0.364. The number of hydrogen-bond donors (Lipinski definition) is 1. The van der Waals surface area contributed by atoms with Crippen LogP contribution in [0.4, 0.5) is 0 Å². The Morgan fingerprint density at radius 2 is 1.63 bits per heavy atom. The summed E-state index contributed by atoms with van der Waals surface area (Å²) in [5, 5.41) is 2.96. The second-order valence-electron chi connectivity index (χ2n) is 7.35. The summed E-state index contributed by atoms with van der Waals surface area (Å²) in [5.74, 6) is 0.129. The number of benzene rings is 2. The molecule has 1 fully saturated rings. The third-order valence-electron chi connectivity index (χ3n) is 4.74. The van der Waals surface area contributed by atoms with Gasteiger partial charge in [-0.1, -0.05) is 36.4 Å². The zero-order valence-corrected chi connectivity index (χ0v) is 16.1. The van der Waals surface area contributed by atoms with Crippen LogP contribution in [0.5, 0.6) is 0 Å². The van der Waals surface area contributed by atoms with E-state index in [4.69, 9.17) is 0 Å². The van der Waals surface area contributed by atoms with Gasteiger partial charge in [0.15, 0.2) is 0 Å². The Hall–Kier alpha value is -2.66. The lowest BCUT2D eigenvalue weighted by molar-refractivity contribution is -0.128. The van der Waals surface area contributed by atoms with E-state index in [0.29, 0.717) is 25.1 Å². The highest BCUT2D eigenvalue weighted by Gasteiger charge is 2.19. The molecule has 5 heteroatoms. The summed E-state index contributed by atoms with van der Waals surface area (Å²) in [4.78, 5) is 28.1. The average molecular weight is 365 g/mol. The first-order chi connectivity index (χ1) is 13.0. The monoisotopic (exact) mass is 365 g/mol. The summed E-state index contributed by atoms with van der Waals surface area (Å²) in [7, 11) is 4.09. The lowest BCUT2D eigenvalue weighted by Crippen LogP contribution is -2.24. The van der Waals surface area contributed by atoms with Crippen molar-refractivity contribution in [2.75, 3.05) is 20.6 Å². The number of carbonyl (C=O) groups is 2. The van der Waals surface area contributed by atoms with Gasteiger partial charge in [0.25, 0.3) is 5.91 Å². The van der Waals surface area contributed by atoms with E-state index < -0.39 is 0 Å². The Labute approximate surface area is 161 Å². The molecule has 0 unspecified atom stereocenters. The molecule has 1 saturated heterocycles. The van der Waals surface area contributed by atoms with Crippen LogP contribution in [0.2, 0.25) is 0 Å². The minimum Gasteiger partial charge on any atom is -0.348 e. The van der Waals surface area contributed by atoms with Crippen LogP contribution in [0.1, 0.15) is 39.9 Å². The molecule has 0 aliphatic carbocycles. The van der Waals surface area contributed by atoms with E-state index in [1.165, 1.54) is 5.56 Å². The predicted molar refractivity (Wildman–Crippen MR) is 106 cm³/mol. The van der Waals surface area contributed by atoms with Gasteiger partial charge in [0, 0.05) is 38.2 Å². The molecule has 142 valence electrons. The van der Waals surface area contributed by atoms with Crippen molar-refractivity contribution in [2.45, 2.75) is 32.5 Å². The molecule has 0 aromatic heterocycles. The number of nitrogens with zero attached hydrogens (tertiary/aromatic N) is 2. The molecule has 1 heterocycles. The first kappa shape index (κ1) is 19.1. The van der Waals surface area contributed by atoms with Crippen LogP contribution in [-0.4, -0.2) is 42.3 Å². The standard InChI is InChI=1S/C22H27N3O2/c1-24(2)15-18-7-5-17(6-8-18)14-23-22(27)20-11-9-19(10-12-20)16-25-13-3-4-21(25)26/h5-12H,3-4,13-16H2,1-2H3,(H,23,27). The fourth-order valence-electron chi connectivity index (χ4n) is 3.27. The number of carbonyl (C=O) groups excluding carboxylic acids is 2. The van der Waals surface area contributed by atoms with Gasteiger partial charge in [-0.3, -0.25) is 9.59 Å². The summed E-state index contributed by atoms with van der Waals surface area (Å²) >= 11 is 0. The molecule has 5 nitrogen and oxygen atoms in total. The number of amides is 2. The lowest BCUT2D eigenvalue weighted by atomic mass is 10.1. The highest BCUT2D eigenvalue weighted by Crippen LogP contribution is 2.15. The Morgan fingerprint density at radius 1 is 1.00 bits per heavy atom. The molecule has 1 aliphatic heterocycles. The minimum absolute atomic E-state index is 0.0869. The van der Waals surface area contributed by atoms with E-state index in [0.717, 1.165) is 30.6 Å². The molecule has 3 rings (SSSR count). The Bertz CT molecular complexity index is 782. The molecule has 2 aromatic rings. The summed E-state index contributed by atoms with van der Waals surface area (Å²) in [5.41, 5.74) is 4.02. The largest absolute Gasteiger partial charge is 0.348 e. The van der Waals surface area contributed by atoms with Gasteiger partial charge < -0.3 is 15.1 Å². The summed E-state index contributed by atoms with van der Waals surface area (Å²) < 4.78 is 0. The van der Waals surface area contributed by atoms with Crippen LogP contribution in [0.15, 0.2) is 48.5 Å². The highest BCUT2D eigenvalue weighted by molar-refractivity contribution is 5.94. The smallest absolute Gasteiger partial charge is 0.251 e. The van der Waals surface area contributed by atoms with Crippen molar-refractivity contribution in [3.63, 3.8) is 0 Å². The Balaban J connectivity index is 1.51. The van der Waals surface area contributed by atoms with Crippen molar-refractivity contribution < 1.29 is 9.59 Å². The molecule has 2 aromatic carbocycles. The molecular formula is C22H27N3O2. The van der Waals surface area contributed by atoms with Crippen molar-refractivity contribution in [1.29, 1.82) is 0 Å². The van der Waals surface area contributed by atoms with Gasteiger partial charge in [0.05, 0.1) is 0 Å². The average Bonchev–Trinajstić information content (AvgIpc) is 3.06. The van der Waals surface area contributed by atoms with Crippen LogP contribution in [0, 0.1) is 0 Å². The quantitative estimate of drug-likeness (QED) is 0.821. The van der Waals surface area contributed by atoms with Crippen LogP contribution in [-0.2, 0) is 24.4 Å². The van der Waals surface area contributed by atoms with Crippen molar-refractivity contribution in [1.82, 2.24) is 15.1 Å². The molecule has 1 aliphatic rings. The van der Waals surface area contributed by atoms with Crippen molar-refractivity contribution >= 4 is 11.8 Å². The van der Waals surface area contributed by atoms with E-state index in [2.05, 4.69) is 34.5 Å². The second-order valence-corrected chi connectivity index (χ2v) is 7.35. The maximum Gasteiger partial charge on any atom is 0.251 e. The third kappa shape index (κ3) is 5.41. The Morgan fingerprint density at radius 3 is 2.22 bits per heavy atom. The first-order valence-corrected chi connectivity index (χ1v) is 9.39. The van der Waals surface area contributed by atoms with Gasteiger partial charge in [-0.25, -0.2) is 0 Å². The van der Waals surface area contributed by atoms with E-state index in [1.807, 2.05) is 43.3 Å². The number of hydrogen-bond acceptors (Lipinski definition) is 3. The van der Waals surface area contributed by atoms with Crippen molar-refractivity contribution in [2.24, 2.45) is 0 Å². The van der Waals surface area contributed by atoms with Gasteiger partial charge in [0.1, 0.15) is 0 Å². The summed E-state index contributed by atoms with van der Waals surface area (Å²) in [6.45, 7) is 2.86. The molecule has 0 atom stereocenters. The molecule has 27 heavy (non-hydrogen) atoms. The van der Waals surface area contributed by atoms with E-state index in [9.17, 15) is 9.59 Å². The molecule has 1 N–H and O–H groups in total. The van der Waals surface area contributed by atoms with Crippen molar-refractivity contribution in [3.8, 4) is 0 Å². The topological polar surface area (TPSA) is 52.7 Å². The van der Waals surface area contributed by atoms with Crippen LogP contribution >= 0.6 is 0 Å². The molecule has 0 radical (unpaired) electrons. The Kier molecular flexibility index (Phi) is 6.24. The maximum atomic E-state index is 12.4. The fourth-order valence-corrected chi connectivity index (χ4v) is 3.27. The van der Waals surface area contributed by atoms with Gasteiger partial charge in [0.2, 0.25) is 5.91 Å². The summed E-state index contributed by atoms with van der Waals surface area (Å²) in [6, 6.07) is 15.8. The summed E-state index contributed by atoms with van der Waals surface area (Å²) in [6.07, 6.45) is 1.59. The molecule has 0 bridgehead atoms. The normalized spacial score (nSPS) is 14.0. The maximum absolute atomic E-state index is 12.4. The first-order valence-electron chi connectivity index (χ1n) is 9.39. The van der Waals surface area contributed by atoms with E-state index >= 15 is 0 Å². The van der Waals surface area contributed by atoms with Crippen LogP contribution in [0.3, 0.4) is 0 Å². The zero-order chi connectivity index (χ0) is 19.2. The number of rotatable bonds is 7. The minimum atomic E-state index is -0.0869. The lowest BCUT2D eigenvalue weighted by Gasteiger charge is -2.15. The SMILES string of the molecule is CN(C)Cc1ccc(CNC(=O)c2ccc(CN3CCCC3=O)cc2)cc1. The van der Waals surface area contributed by atoms with E-state index in [1.54, 1.807) is 0 Å². The molecular weight excluding hydrogens is 338 g/mol. The third-order valence-corrected chi connectivity index (χ3v) is 4.74. The number of nitrogens with one attached hydrogen (secondary N) is 1. The van der Waals surface area contributed by atoms with Crippen molar-refractivity contribution in [3.05, 3.63) is 70.8 Å².